The van der Waals surface area contributed by atoms with Gasteiger partial charge in [0.05, 0.1) is 30.1 Å². The zero-order chi connectivity index (χ0) is 22.3. The molecule has 0 bridgehead atoms. The van der Waals surface area contributed by atoms with Crippen molar-refractivity contribution in [2.24, 2.45) is 0 Å². The summed E-state index contributed by atoms with van der Waals surface area (Å²) < 4.78 is 5.42. The fraction of sp³-hybridized carbons (Fsp3) is 0.652. The van der Waals surface area contributed by atoms with Crippen LogP contribution in [0.15, 0.2) is 16.9 Å². The Morgan fingerprint density at radius 1 is 1.25 bits per heavy atom. The van der Waals surface area contributed by atoms with Crippen LogP contribution >= 0.6 is 23.1 Å². The Morgan fingerprint density at radius 2 is 2.09 bits per heavy atom. The molecule has 4 rings (SSSR count). The molecule has 0 radical (unpaired) electrons. The minimum Gasteiger partial charge on any atom is -0.379 e. The quantitative estimate of drug-likeness (QED) is 0.428. The normalized spacial score (nSPS) is 19.9. The summed E-state index contributed by atoms with van der Waals surface area (Å²) in [4.78, 5) is 32.4. The van der Waals surface area contributed by atoms with E-state index in [1.165, 1.54) is 4.88 Å². The van der Waals surface area contributed by atoms with Crippen LogP contribution in [0.5, 0.6) is 0 Å². The Kier molecular flexibility index (Phi) is 8.51. The van der Waals surface area contributed by atoms with Gasteiger partial charge in [0.1, 0.15) is 0 Å². The predicted octanol–water partition coefficient (Wildman–Crippen LogP) is 3.31. The minimum atomic E-state index is 0.245. The SMILES string of the molecule is Cc1cnc(SCCN2CCOCC2)nc1C1CCCN(C(=O)CCc2scnc2C)C1. The number of aromatic nitrogens is 3. The lowest BCUT2D eigenvalue weighted by Gasteiger charge is -2.33. The number of thioether (sulfide) groups is 1. The van der Waals surface area contributed by atoms with Gasteiger partial charge < -0.3 is 9.64 Å². The van der Waals surface area contributed by atoms with Crippen molar-refractivity contribution in [3.05, 3.63) is 33.5 Å². The number of aryl methyl sites for hydroxylation is 3. The number of nitrogens with zero attached hydrogens (tertiary/aromatic N) is 5. The van der Waals surface area contributed by atoms with Gasteiger partial charge in [0.15, 0.2) is 5.16 Å². The largest absolute Gasteiger partial charge is 0.379 e. The van der Waals surface area contributed by atoms with Crippen molar-refractivity contribution in [3.8, 4) is 0 Å². The Hall–Kier alpha value is -1.55. The Balaban J connectivity index is 1.32. The van der Waals surface area contributed by atoms with Crippen molar-refractivity contribution in [1.82, 2.24) is 24.8 Å². The van der Waals surface area contributed by atoms with Gasteiger partial charge in [-0.2, -0.15) is 0 Å². The second kappa shape index (κ2) is 11.5. The summed E-state index contributed by atoms with van der Waals surface area (Å²) >= 11 is 3.37. The summed E-state index contributed by atoms with van der Waals surface area (Å²) in [7, 11) is 0. The van der Waals surface area contributed by atoms with Crippen LogP contribution in [0.3, 0.4) is 0 Å². The third kappa shape index (κ3) is 6.27. The van der Waals surface area contributed by atoms with E-state index in [0.29, 0.717) is 12.3 Å². The number of likely N-dealkylation sites (tertiary alicyclic amines) is 1. The smallest absolute Gasteiger partial charge is 0.222 e. The first-order valence-electron chi connectivity index (χ1n) is 11.5. The maximum absolute atomic E-state index is 12.9. The number of carbonyl (C=O) groups is 1. The molecule has 1 atom stereocenters. The highest BCUT2D eigenvalue weighted by molar-refractivity contribution is 7.99. The lowest BCUT2D eigenvalue weighted by Crippen LogP contribution is -2.39. The maximum Gasteiger partial charge on any atom is 0.222 e. The van der Waals surface area contributed by atoms with Gasteiger partial charge in [0, 0.05) is 61.9 Å². The average Bonchev–Trinajstić information content (AvgIpc) is 3.24. The molecule has 1 amide bonds. The van der Waals surface area contributed by atoms with E-state index < -0.39 is 0 Å². The summed E-state index contributed by atoms with van der Waals surface area (Å²) in [5.74, 6) is 1.52. The van der Waals surface area contributed by atoms with E-state index in [9.17, 15) is 4.79 Å². The van der Waals surface area contributed by atoms with Gasteiger partial charge in [-0.1, -0.05) is 11.8 Å². The number of hydrogen-bond acceptors (Lipinski definition) is 8. The molecular weight excluding hydrogens is 442 g/mol. The molecule has 32 heavy (non-hydrogen) atoms. The van der Waals surface area contributed by atoms with E-state index in [4.69, 9.17) is 9.72 Å². The first-order valence-corrected chi connectivity index (χ1v) is 13.4. The van der Waals surface area contributed by atoms with E-state index in [0.717, 1.165) is 93.1 Å². The first-order chi connectivity index (χ1) is 15.6. The molecule has 0 spiro atoms. The van der Waals surface area contributed by atoms with E-state index in [2.05, 4.69) is 21.8 Å². The van der Waals surface area contributed by atoms with Crippen LogP contribution < -0.4 is 0 Å². The number of hydrogen-bond donors (Lipinski definition) is 0. The van der Waals surface area contributed by atoms with Crippen LogP contribution in [-0.4, -0.2) is 82.3 Å². The number of ether oxygens (including phenoxy) is 1. The van der Waals surface area contributed by atoms with Crippen molar-refractivity contribution in [3.63, 3.8) is 0 Å². The van der Waals surface area contributed by atoms with Crippen LogP contribution in [0.1, 0.15) is 47.0 Å². The van der Waals surface area contributed by atoms with Crippen molar-refractivity contribution in [2.45, 2.75) is 50.6 Å². The van der Waals surface area contributed by atoms with Gasteiger partial charge in [0.25, 0.3) is 0 Å². The molecule has 0 aliphatic carbocycles. The molecule has 0 saturated carbocycles. The second-order valence-corrected chi connectivity index (χ2v) is 10.6. The van der Waals surface area contributed by atoms with Crippen LogP contribution in [-0.2, 0) is 16.0 Å². The Bertz CT molecular complexity index is 900. The van der Waals surface area contributed by atoms with Gasteiger partial charge in [-0.25, -0.2) is 15.0 Å². The number of rotatable bonds is 8. The summed E-state index contributed by atoms with van der Waals surface area (Å²) in [6, 6.07) is 0. The lowest BCUT2D eigenvalue weighted by atomic mass is 9.92. The van der Waals surface area contributed by atoms with Crippen molar-refractivity contribution < 1.29 is 9.53 Å². The van der Waals surface area contributed by atoms with Gasteiger partial charge in [-0.15, -0.1) is 11.3 Å². The predicted molar refractivity (Wildman–Crippen MR) is 128 cm³/mol. The fourth-order valence-corrected chi connectivity index (χ4v) is 5.99. The van der Waals surface area contributed by atoms with Crippen LogP contribution in [0.25, 0.3) is 0 Å². The highest BCUT2D eigenvalue weighted by Gasteiger charge is 2.27. The number of thiazole rings is 1. The molecule has 7 nitrogen and oxygen atoms in total. The molecule has 9 heteroatoms. The zero-order valence-electron chi connectivity index (χ0n) is 19.1. The average molecular weight is 476 g/mol. The zero-order valence-corrected chi connectivity index (χ0v) is 20.7. The third-order valence-electron chi connectivity index (χ3n) is 6.30. The van der Waals surface area contributed by atoms with E-state index in [-0.39, 0.29) is 5.91 Å². The molecule has 174 valence electrons. The summed E-state index contributed by atoms with van der Waals surface area (Å²) in [6.07, 6.45) is 5.40. The van der Waals surface area contributed by atoms with Gasteiger partial charge >= 0.3 is 0 Å². The van der Waals surface area contributed by atoms with Crippen molar-refractivity contribution in [2.75, 3.05) is 51.7 Å². The number of carbonyl (C=O) groups excluding carboxylic acids is 1. The fourth-order valence-electron chi connectivity index (χ4n) is 4.38. The Labute approximate surface area is 199 Å². The van der Waals surface area contributed by atoms with Gasteiger partial charge in [-0.3, -0.25) is 9.69 Å². The minimum absolute atomic E-state index is 0.245. The van der Waals surface area contributed by atoms with Gasteiger partial charge in [0.2, 0.25) is 5.91 Å². The van der Waals surface area contributed by atoms with Crippen molar-refractivity contribution in [1.29, 1.82) is 0 Å². The third-order valence-corrected chi connectivity index (χ3v) is 8.14. The highest BCUT2D eigenvalue weighted by Crippen LogP contribution is 2.29. The van der Waals surface area contributed by atoms with E-state index in [1.54, 1.807) is 23.1 Å². The molecule has 2 fully saturated rings. The summed E-state index contributed by atoms with van der Waals surface area (Å²) in [5.41, 5.74) is 5.15. The lowest BCUT2D eigenvalue weighted by molar-refractivity contribution is -0.132. The molecule has 0 aromatic carbocycles. The molecule has 4 heterocycles. The van der Waals surface area contributed by atoms with Crippen LogP contribution in [0.4, 0.5) is 0 Å². The molecule has 2 aromatic rings. The van der Waals surface area contributed by atoms with E-state index >= 15 is 0 Å². The molecule has 2 aliphatic rings. The maximum atomic E-state index is 12.9. The summed E-state index contributed by atoms with van der Waals surface area (Å²) in [6.45, 7) is 10.4. The molecule has 2 saturated heterocycles. The van der Waals surface area contributed by atoms with Crippen molar-refractivity contribution >= 4 is 29.0 Å². The van der Waals surface area contributed by atoms with Crippen LogP contribution in [0, 0.1) is 13.8 Å². The Morgan fingerprint density at radius 3 is 2.88 bits per heavy atom. The number of morpholine rings is 1. The van der Waals surface area contributed by atoms with Gasteiger partial charge in [-0.05, 0) is 38.7 Å². The molecule has 0 N–H and O–H groups in total. The standard InChI is InChI=1S/C23H33N5O2S2/c1-17-14-24-23(31-13-10-27-8-11-30-12-9-27)26-22(17)19-4-3-7-28(15-19)21(29)6-5-20-18(2)25-16-32-20/h14,16,19H,3-13,15H2,1-2H3. The topological polar surface area (TPSA) is 71.5 Å². The second-order valence-electron chi connectivity index (χ2n) is 8.56. The highest BCUT2D eigenvalue weighted by atomic mass is 32.2. The number of amides is 1. The number of piperidine rings is 1. The first kappa shape index (κ1) is 23.6. The van der Waals surface area contributed by atoms with E-state index in [1.807, 2.05) is 23.5 Å². The molecule has 2 aliphatic heterocycles. The molecule has 1 unspecified atom stereocenters. The molecular formula is C23H33N5O2S2. The monoisotopic (exact) mass is 475 g/mol. The molecule has 2 aromatic heterocycles. The summed E-state index contributed by atoms with van der Waals surface area (Å²) in [5, 5.41) is 0.850. The van der Waals surface area contributed by atoms with Crippen LogP contribution in [0.2, 0.25) is 0 Å².